The molecule has 6 nitrogen and oxygen atoms in total. The SMILES string of the molecule is O=C1CCC(=O)N1CCOc1ccc(-c2ccccc2OC(F)(F)F)nc1. The van der Waals surface area contributed by atoms with E-state index in [0.717, 1.165) is 4.90 Å². The zero-order valence-electron chi connectivity index (χ0n) is 14.0. The first-order valence-electron chi connectivity index (χ1n) is 8.11. The maximum Gasteiger partial charge on any atom is 0.573 e. The van der Waals surface area contributed by atoms with E-state index in [0.29, 0.717) is 5.75 Å². The Morgan fingerprint density at radius 2 is 1.74 bits per heavy atom. The van der Waals surface area contributed by atoms with Crippen molar-refractivity contribution in [1.82, 2.24) is 9.88 Å². The van der Waals surface area contributed by atoms with Crippen LogP contribution in [-0.2, 0) is 9.59 Å². The number of pyridine rings is 1. The molecule has 1 aliphatic heterocycles. The van der Waals surface area contributed by atoms with Crippen LogP contribution in [0.4, 0.5) is 13.2 Å². The number of ether oxygens (including phenoxy) is 2. The van der Waals surface area contributed by atoms with Gasteiger partial charge in [-0.1, -0.05) is 12.1 Å². The number of carbonyl (C=O) groups excluding carboxylic acids is 2. The highest BCUT2D eigenvalue weighted by Gasteiger charge is 2.32. The van der Waals surface area contributed by atoms with Crippen LogP contribution in [-0.4, -0.2) is 41.2 Å². The summed E-state index contributed by atoms with van der Waals surface area (Å²) >= 11 is 0. The first-order chi connectivity index (χ1) is 12.8. The molecule has 0 N–H and O–H groups in total. The standard InChI is InChI=1S/C18H15F3N2O4/c19-18(20,21)27-15-4-2-1-3-13(15)14-6-5-12(11-22-14)26-10-9-23-16(24)7-8-17(23)25/h1-6,11H,7-10H2. The lowest BCUT2D eigenvalue weighted by atomic mass is 10.1. The van der Waals surface area contributed by atoms with Crippen molar-refractivity contribution in [2.45, 2.75) is 19.2 Å². The van der Waals surface area contributed by atoms with E-state index in [1.165, 1.54) is 30.5 Å². The number of halogens is 3. The molecule has 0 radical (unpaired) electrons. The van der Waals surface area contributed by atoms with Gasteiger partial charge in [0.2, 0.25) is 11.8 Å². The summed E-state index contributed by atoms with van der Waals surface area (Å²) in [7, 11) is 0. The van der Waals surface area contributed by atoms with Gasteiger partial charge in [0.05, 0.1) is 18.4 Å². The van der Waals surface area contributed by atoms with Crippen molar-refractivity contribution in [3.8, 4) is 22.8 Å². The molecule has 3 rings (SSSR count). The van der Waals surface area contributed by atoms with E-state index < -0.39 is 6.36 Å². The average Bonchev–Trinajstić information content (AvgIpc) is 2.93. The van der Waals surface area contributed by atoms with Crippen LogP contribution in [0.3, 0.4) is 0 Å². The van der Waals surface area contributed by atoms with Crippen LogP contribution in [0.1, 0.15) is 12.8 Å². The normalized spacial score (nSPS) is 14.6. The zero-order valence-corrected chi connectivity index (χ0v) is 14.0. The summed E-state index contributed by atoms with van der Waals surface area (Å²) < 4.78 is 47.0. The van der Waals surface area contributed by atoms with Gasteiger partial charge in [-0.25, -0.2) is 0 Å². The number of alkyl halides is 3. The van der Waals surface area contributed by atoms with Gasteiger partial charge in [-0.3, -0.25) is 19.5 Å². The number of hydrogen-bond acceptors (Lipinski definition) is 5. The molecule has 1 aliphatic rings. The molecule has 0 unspecified atom stereocenters. The van der Waals surface area contributed by atoms with Crippen LogP contribution in [0.2, 0.25) is 0 Å². The molecule has 27 heavy (non-hydrogen) atoms. The highest BCUT2D eigenvalue weighted by molar-refractivity contribution is 6.01. The molecule has 0 spiro atoms. The number of rotatable bonds is 6. The maximum absolute atomic E-state index is 12.5. The lowest BCUT2D eigenvalue weighted by Gasteiger charge is -2.15. The van der Waals surface area contributed by atoms with Crippen LogP contribution >= 0.6 is 0 Å². The number of carbonyl (C=O) groups is 2. The van der Waals surface area contributed by atoms with E-state index in [1.54, 1.807) is 12.1 Å². The summed E-state index contributed by atoms with van der Waals surface area (Å²) in [5.41, 5.74) is 0.474. The molecule has 2 amide bonds. The van der Waals surface area contributed by atoms with Gasteiger partial charge in [0.25, 0.3) is 0 Å². The average molecular weight is 380 g/mol. The molecule has 142 valence electrons. The van der Waals surface area contributed by atoms with Crippen molar-refractivity contribution < 1.29 is 32.2 Å². The van der Waals surface area contributed by atoms with Gasteiger partial charge in [-0.15, -0.1) is 13.2 Å². The summed E-state index contributed by atoms with van der Waals surface area (Å²) in [5.74, 6) is -0.430. The second-order valence-corrected chi connectivity index (χ2v) is 5.71. The van der Waals surface area contributed by atoms with Crippen LogP contribution in [0, 0.1) is 0 Å². The van der Waals surface area contributed by atoms with Gasteiger partial charge in [0.1, 0.15) is 18.1 Å². The Bertz CT molecular complexity index is 821. The van der Waals surface area contributed by atoms with Crippen molar-refractivity contribution in [2.24, 2.45) is 0 Å². The van der Waals surface area contributed by atoms with Crippen molar-refractivity contribution in [1.29, 1.82) is 0 Å². The number of hydrogen-bond donors (Lipinski definition) is 0. The third kappa shape index (κ3) is 4.75. The summed E-state index contributed by atoms with van der Waals surface area (Å²) in [6, 6.07) is 8.73. The molecule has 2 heterocycles. The molecule has 0 saturated carbocycles. The minimum Gasteiger partial charge on any atom is -0.490 e. The predicted molar refractivity (Wildman–Crippen MR) is 87.8 cm³/mol. The highest BCUT2D eigenvalue weighted by Crippen LogP contribution is 2.33. The van der Waals surface area contributed by atoms with Crippen LogP contribution < -0.4 is 9.47 Å². The van der Waals surface area contributed by atoms with E-state index in [4.69, 9.17) is 4.74 Å². The molecular formula is C18H15F3N2O4. The van der Waals surface area contributed by atoms with Crippen LogP contribution in [0.5, 0.6) is 11.5 Å². The maximum atomic E-state index is 12.5. The monoisotopic (exact) mass is 380 g/mol. The van der Waals surface area contributed by atoms with E-state index in [1.807, 2.05) is 0 Å². The van der Waals surface area contributed by atoms with Gasteiger partial charge < -0.3 is 9.47 Å². The Morgan fingerprint density at radius 1 is 1.04 bits per heavy atom. The summed E-state index contributed by atoms with van der Waals surface area (Å²) in [6.07, 6.45) is -3.01. The van der Waals surface area contributed by atoms with E-state index in [-0.39, 0.29) is 54.8 Å². The molecule has 1 saturated heterocycles. The van der Waals surface area contributed by atoms with Gasteiger partial charge in [-0.2, -0.15) is 0 Å². The summed E-state index contributed by atoms with van der Waals surface area (Å²) in [6.45, 7) is 0.244. The van der Waals surface area contributed by atoms with Gasteiger partial charge >= 0.3 is 6.36 Å². The minimum absolute atomic E-state index is 0.103. The van der Waals surface area contributed by atoms with E-state index >= 15 is 0 Å². The first-order valence-corrected chi connectivity index (χ1v) is 8.11. The molecule has 0 aliphatic carbocycles. The van der Waals surface area contributed by atoms with Crippen LogP contribution in [0.25, 0.3) is 11.3 Å². The van der Waals surface area contributed by atoms with Crippen molar-refractivity contribution in [2.75, 3.05) is 13.2 Å². The smallest absolute Gasteiger partial charge is 0.490 e. The molecule has 2 aromatic rings. The van der Waals surface area contributed by atoms with Gasteiger partial charge in [-0.05, 0) is 24.3 Å². The topological polar surface area (TPSA) is 68.7 Å². The third-order valence-electron chi connectivity index (χ3n) is 3.86. The van der Waals surface area contributed by atoms with Crippen molar-refractivity contribution >= 4 is 11.8 Å². The van der Waals surface area contributed by atoms with Gasteiger partial charge in [0.15, 0.2) is 0 Å². The van der Waals surface area contributed by atoms with Gasteiger partial charge in [0, 0.05) is 18.4 Å². The highest BCUT2D eigenvalue weighted by atomic mass is 19.4. The first kappa shape index (κ1) is 18.7. The van der Waals surface area contributed by atoms with E-state index in [2.05, 4.69) is 9.72 Å². The third-order valence-corrected chi connectivity index (χ3v) is 3.86. The summed E-state index contributed by atoms with van der Waals surface area (Å²) in [5, 5.41) is 0. The number of aromatic nitrogens is 1. The van der Waals surface area contributed by atoms with Crippen LogP contribution in [0.15, 0.2) is 42.6 Å². The fourth-order valence-corrected chi connectivity index (χ4v) is 2.64. The largest absolute Gasteiger partial charge is 0.573 e. The predicted octanol–water partition coefficient (Wildman–Crippen LogP) is 3.18. The number of para-hydroxylation sites is 1. The molecule has 1 aromatic heterocycles. The fraction of sp³-hybridized carbons (Fsp3) is 0.278. The second kappa shape index (κ2) is 7.65. The summed E-state index contributed by atoms with van der Waals surface area (Å²) in [4.78, 5) is 28.3. The molecule has 1 aromatic carbocycles. The van der Waals surface area contributed by atoms with E-state index in [9.17, 15) is 22.8 Å². The molecular weight excluding hydrogens is 365 g/mol. The molecule has 9 heteroatoms. The fourth-order valence-electron chi connectivity index (χ4n) is 2.64. The number of likely N-dealkylation sites (tertiary alicyclic amines) is 1. The quantitative estimate of drug-likeness (QED) is 0.720. The Morgan fingerprint density at radius 3 is 2.37 bits per heavy atom. The molecule has 0 atom stereocenters. The molecule has 0 bridgehead atoms. The Kier molecular flexibility index (Phi) is 5.29. The number of imide groups is 1. The van der Waals surface area contributed by atoms with Crippen molar-refractivity contribution in [3.63, 3.8) is 0 Å². The zero-order chi connectivity index (χ0) is 19.4. The Hall–Kier alpha value is -3.10. The Labute approximate surface area is 152 Å². The number of nitrogens with zero attached hydrogens (tertiary/aromatic N) is 2. The number of amides is 2. The second-order valence-electron chi connectivity index (χ2n) is 5.71. The van der Waals surface area contributed by atoms with Crippen molar-refractivity contribution in [3.05, 3.63) is 42.6 Å². The lowest BCUT2D eigenvalue weighted by Crippen LogP contribution is -2.33. The minimum atomic E-state index is -4.80. The number of benzene rings is 1. The molecule has 1 fully saturated rings. The Balaban J connectivity index is 1.64. The lowest BCUT2D eigenvalue weighted by molar-refractivity contribution is -0.274.